The van der Waals surface area contributed by atoms with E-state index in [0.717, 1.165) is 35.5 Å². The van der Waals surface area contributed by atoms with Gasteiger partial charge in [0.1, 0.15) is 6.54 Å². The number of ether oxygens (including phenoxy) is 1. The summed E-state index contributed by atoms with van der Waals surface area (Å²) < 4.78 is 8.71. The first-order valence-electron chi connectivity index (χ1n) is 9.91. The van der Waals surface area contributed by atoms with Gasteiger partial charge in [0.05, 0.1) is 11.5 Å². The number of aryl methyl sites for hydroxylation is 1. The van der Waals surface area contributed by atoms with Gasteiger partial charge in [-0.25, -0.2) is 9.48 Å². The lowest BCUT2D eigenvalue weighted by atomic mass is 10.1. The Morgan fingerprint density at radius 2 is 1.97 bits per heavy atom. The summed E-state index contributed by atoms with van der Waals surface area (Å²) in [7, 11) is 0. The second-order valence-electron chi connectivity index (χ2n) is 7.62. The zero-order valence-corrected chi connectivity index (χ0v) is 16.9. The highest BCUT2D eigenvalue weighted by Crippen LogP contribution is 2.21. The SMILES string of the molecule is Cc1cc(C(=O)Cn2nc(C(=O)O)c3ccccc3c2=O)c(C)n1C[C@@H]1CCCO1. The fourth-order valence-electron chi connectivity index (χ4n) is 4.08. The van der Waals surface area contributed by atoms with Gasteiger partial charge in [-0.2, -0.15) is 5.10 Å². The van der Waals surface area contributed by atoms with Crippen LogP contribution in [0.1, 0.15) is 45.1 Å². The van der Waals surface area contributed by atoms with Crippen LogP contribution in [0.15, 0.2) is 35.1 Å². The van der Waals surface area contributed by atoms with Crippen molar-refractivity contribution in [3.63, 3.8) is 0 Å². The van der Waals surface area contributed by atoms with Crippen molar-refractivity contribution in [1.29, 1.82) is 0 Å². The van der Waals surface area contributed by atoms with Gasteiger partial charge >= 0.3 is 5.97 Å². The molecule has 1 fully saturated rings. The number of carboxylic acid groups (broad SMARTS) is 1. The normalized spacial score (nSPS) is 16.3. The highest BCUT2D eigenvalue weighted by atomic mass is 16.5. The number of nitrogens with zero attached hydrogens (tertiary/aromatic N) is 3. The topological polar surface area (TPSA) is 103 Å². The van der Waals surface area contributed by atoms with E-state index in [0.29, 0.717) is 12.1 Å². The molecule has 30 heavy (non-hydrogen) atoms. The summed E-state index contributed by atoms with van der Waals surface area (Å²) in [5.41, 5.74) is 1.51. The number of rotatable bonds is 6. The van der Waals surface area contributed by atoms with E-state index in [9.17, 15) is 19.5 Å². The van der Waals surface area contributed by atoms with Crippen LogP contribution in [-0.4, -0.2) is 43.9 Å². The van der Waals surface area contributed by atoms with Gasteiger partial charge in [-0.15, -0.1) is 0 Å². The summed E-state index contributed by atoms with van der Waals surface area (Å²) in [6.45, 7) is 4.92. The molecule has 4 rings (SSSR count). The van der Waals surface area contributed by atoms with Crippen molar-refractivity contribution in [2.24, 2.45) is 0 Å². The van der Waals surface area contributed by atoms with Crippen LogP contribution in [0.3, 0.4) is 0 Å². The van der Waals surface area contributed by atoms with E-state index in [-0.39, 0.29) is 34.9 Å². The lowest BCUT2D eigenvalue weighted by Crippen LogP contribution is -2.29. The number of fused-ring (bicyclic) bond motifs is 1. The van der Waals surface area contributed by atoms with E-state index in [4.69, 9.17) is 4.74 Å². The number of aromatic nitrogens is 3. The number of aromatic carboxylic acids is 1. The van der Waals surface area contributed by atoms with Crippen LogP contribution in [0, 0.1) is 13.8 Å². The Morgan fingerprint density at radius 3 is 2.63 bits per heavy atom. The largest absolute Gasteiger partial charge is 0.476 e. The molecule has 8 nitrogen and oxygen atoms in total. The van der Waals surface area contributed by atoms with Crippen LogP contribution < -0.4 is 5.56 Å². The number of benzene rings is 1. The first kappa shape index (κ1) is 20.0. The maximum Gasteiger partial charge on any atom is 0.357 e. The average molecular weight is 409 g/mol. The maximum absolute atomic E-state index is 13.0. The molecule has 0 saturated carbocycles. The molecule has 1 aliphatic rings. The van der Waals surface area contributed by atoms with Crippen LogP contribution in [0.25, 0.3) is 10.8 Å². The minimum Gasteiger partial charge on any atom is -0.476 e. The molecule has 3 aromatic rings. The smallest absolute Gasteiger partial charge is 0.357 e. The molecule has 156 valence electrons. The molecule has 1 saturated heterocycles. The summed E-state index contributed by atoms with van der Waals surface area (Å²) in [6.07, 6.45) is 2.17. The number of Topliss-reactive ketones (excluding diaryl/α,β-unsaturated/α-hetero) is 1. The van der Waals surface area contributed by atoms with E-state index in [1.807, 2.05) is 13.8 Å². The van der Waals surface area contributed by atoms with Crippen molar-refractivity contribution in [2.45, 2.75) is 45.9 Å². The van der Waals surface area contributed by atoms with Crippen molar-refractivity contribution in [1.82, 2.24) is 14.3 Å². The van der Waals surface area contributed by atoms with E-state index >= 15 is 0 Å². The molecule has 1 N–H and O–H groups in total. The van der Waals surface area contributed by atoms with Crippen LogP contribution in [0.2, 0.25) is 0 Å². The molecule has 3 heterocycles. The molecule has 0 bridgehead atoms. The van der Waals surface area contributed by atoms with Gasteiger partial charge in [-0.1, -0.05) is 18.2 Å². The predicted molar refractivity (Wildman–Crippen MR) is 110 cm³/mol. The molecule has 0 radical (unpaired) electrons. The highest BCUT2D eigenvalue weighted by molar-refractivity contribution is 6.01. The summed E-state index contributed by atoms with van der Waals surface area (Å²) in [5.74, 6) is -1.54. The Kier molecular flexibility index (Phi) is 5.26. The van der Waals surface area contributed by atoms with Crippen molar-refractivity contribution in [3.8, 4) is 0 Å². The quantitative estimate of drug-likeness (QED) is 0.628. The summed E-state index contributed by atoms with van der Waals surface area (Å²) in [4.78, 5) is 37.4. The first-order chi connectivity index (χ1) is 14.4. The number of carbonyl (C=O) groups is 2. The number of hydrogen-bond acceptors (Lipinski definition) is 5. The Morgan fingerprint density at radius 1 is 1.23 bits per heavy atom. The first-order valence-corrected chi connectivity index (χ1v) is 9.91. The third-order valence-corrected chi connectivity index (χ3v) is 5.65. The molecule has 0 unspecified atom stereocenters. The lowest BCUT2D eigenvalue weighted by molar-refractivity contribution is 0.0688. The fraction of sp³-hybridized carbons (Fsp3) is 0.364. The lowest BCUT2D eigenvalue weighted by Gasteiger charge is -2.15. The second kappa shape index (κ2) is 7.87. The molecule has 0 aliphatic carbocycles. The molecule has 1 atom stereocenters. The van der Waals surface area contributed by atoms with Gasteiger partial charge in [-0.3, -0.25) is 9.59 Å². The van der Waals surface area contributed by atoms with Crippen LogP contribution in [-0.2, 0) is 17.8 Å². The van der Waals surface area contributed by atoms with Crippen molar-refractivity contribution in [3.05, 3.63) is 63.3 Å². The van der Waals surface area contributed by atoms with Gasteiger partial charge in [0.2, 0.25) is 0 Å². The second-order valence-corrected chi connectivity index (χ2v) is 7.62. The Hall–Kier alpha value is -3.26. The number of ketones is 1. The number of carboxylic acids is 1. The van der Waals surface area contributed by atoms with E-state index < -0.39 is 11.5 Å². The maximum atomic E-state index is 13.0. The summed E-state index contributed by atoms with van der Waals surface area (Å²) in [5, 5.41) is 13.9. The molecular weight excluding hydrogens is 386 g/mol. The molecule has 1 aliphatic heterocycles. The summed E-state index contributed by atoms with van der Waals surface area (Å²) in [6, 6.07) is 8.18. The van der Waals surface area contributed by atoms with Gasteiger partial charge in [0.15, 0.2) is 11.5 Å². The van der Waals surface area contributed by atoms with Gasteiger partial charge in [-0.05, 0) is 38.8 Å². The molecular formula is C22H23N3O5. The van der Waals surface area contributed by atoms with E-state index in [1.165, 1.54) is 6.07 Å². The zero-order chi connectivity index (χ0) is 21.4. The average Bonchev–Trinajstić information content (AvgIpc) is 3.33. The van der Waals surface area contributed by atoms with Crippen molar-refractivity contribution >= 4 is 22.5 Å². The van der Waals surface area contributed by atoms with Crippen LogP contribution >= 0.6 is 0 Å². The third-order valence-electron chi connectivity index (χ3n) is 5.65. The minimum atomic E-state index is -1.25. The standard InChI is InChI=1S/C22H23N3O5/c1-13-10-18(14(2)24(13)11-15-6-5-9-30-15)19(26)12-25-21(27)17-8-4-3-7-16(17)20(23-25)22(28)29/h3-4,7-8,10,15H,5-6,9,11-12H2,1-2H3,(H,28,29)/t15-/m0/s1. The number of carbonyl (C=O) groups excluding carboxylic acids is 1. The van der Waals surface area contributed by atoms with Crippen molar-refractivity contribution < 1.29 is 19.4 Å². The third kappa shape index (κ3) is 3.54. The van der Waals surface area contributed by atoms with Gasteiger partial charge in [0.25, 0.3) is 5.56 Å². The van der Waals surface area contributed by atoms with Gasteiger partial charge < -0.3 is 14.4 Å². The predicted octanol–water partition coefficient (Wildman–Crippen LogP) is 2.57. The van der Waals surface area contributed by atoms with Crippen molar-refractivity contribution in [2.75, 3.05) is 6.61 Å². The fourth-order valence-corrected chi connectivity index (χ4v) is 4.08. The zero-order valence-electron chi connectivity index (χ0n) is 16.9. The van der Waals surface area contributed by atoms with E-state index in [1.54, 1.807) is 24.3 Å². The number of hydrogen-bond donors (Lipinski definition) is 1. The summed E-state index contributed by atoms with van der Waals surface area (Å²) >= 11 is 0. The molecule has 0 amide bonds. The Bertz CT molecular complexity index is 1200. The Balaban J connectivity index is 1.68. The van der Waals surface area contributed by atoms with E-state index in [2.05, 4.69) is 9.67 Å². The molecule has 0 spiro atoms. The minimum absolute atomic E-state index is 0.139. The van der Waals surface area contributed by atoms with Gasteiger partial charge in [0, 0.05) is 35.5 Å². The highest BCUT2D eigenvalue weighted by Gasteiger charge is 2.23. The molecule has 1 aromatic carbocycles. The molecule has 8 heteroatoms. The van der Waals surface area contributed by atoms with Crippen LogP contribution in [0.4, 0.5) is 0 Å². The monoisotopic (exact) mass is 409 g/mol. The molecule has 2 aromatic heterocycles. The van der Waals surface area contributed by atoms with Crippen LogP contribution in [0.5, 0.6) is 0 Å². The Labute approximate surface area is 172 Å².